The molecule has 0 bridgehead atoms. The molecule has 0 N–H and O–H groups in total. The Balaban J connectivity index is 1.91. The molecule has 6 heteroatoms. The lowest BCUT2D eigenvalue weighted by Gasteiger charge is -2.30. The van der Waals surface area contributed by atoms with Crippen LogP contribution < -0.4 is 0 Å². The fourth-order valence-corrected chi connectivity index (χ4v) is 2.73. The third-order valence-corrected chi connectivity index (χ3v) is 3.91. The Morgan fingerprint density at radius 3 is 2.86 bits per heavy atom. The maximum atomic E-state index is 12.1. The van der Waals surface area contributed by atoms with E-state index < -0.39 is 5.60 Å². The number of aryl methyl sites for hydroxylation is 1. The molecular weight excluding hydrogens is 282 g/mol. The smallest absolute Gasteiger partial charge is 0.410 e. The van der Waals surface area contributed by atoms with Gasteiger partial charge in [0.1, 0.15) is 11.4 Å². The van der Waals surface area contributed by atoms with Crippen LogP contribution in [0.2, 0.25) is 0 Å². The fraction of sp³-hybridized carbons (Fsp3) is 0.750. The Bertz CT molecular complexity index is 507. The summed E-state index contributed by atoms with van der Waals surface area (Å²) in [6.07, 6.45) is 3.76. The summed E-state index contributed by atoms with van der Waals surface area (Å²) in [5.41, 5.74) is 0.659. The van der Waals surface area contributed by atoms with E-state index in [0.717, 1.165) is 37.3 Å². The molecule has 1 aliphatic rings. The number of nitrogens with zero attached hydrogens (tertiary/aromatic N) is 3. The lowest BCUT2D eigenvalue weighted by atomic mass is 10.2. The van der Waals surface area contributed by atoms with E-state index in [1.165, 1.54) is 0 Å². The van der Waals surface area contributed by atoms with Crippen LogP contribution in [-0.2, 0) is 11.3 Å². The van der Waals surface area contributed by atoms with Crippen LogP contribution in [0.25, 0.3) is 0 Å². The molecule has 2 rings (SSSR count). The molecule has 1 amide bonds. The first-order valence-corrected chi connectivity index (χ1v) is 7.84. The number of aromatic nitrogens is 1. The molecule has 2 heterocycles. The number of rotatable bonds is 4. The average molecular weight is 309 g/mol. The number of ether oxygens (including phenoxy) is 1. The van der Waals surface area contributed by atoms with Gasteiger partial charge in [-0.25, -0.2) is 4.79 Å². The van der Waals surface area contributed by atoms with E-state index >= 15 is 0 Å². The zero-order valence-corrected chi connectivity index (χ0v) is 14.3. The molecule has 0 spiro atoms. The van der Waals surface area contributed by atoms with E-state index in [1.807, 2.05) is 27.7 Å². The molecule has 0 aliphatic carbocycles. The number of hydrogen-bond donors (Lipinski definition) is 0. The fourth-order valence-electron chi connectivity index (χ4n) is 2.73. The van der Waals surface area contributed by atoms with Crippen LogP contribution in [0, 0.1) is 6.92 Å². The van der Waals surface area contributed by atoms with Gasteiger partial charge in [-0.2, -0.15) is 0 Å². The number of likely N-dealkylation sites (N-methyl/N-ethyl adjacent to an activating group) is 1. The van der Waals surface area contributed by atoms with Crippen LogP contribution in [0.15, 0.2) is 10.7 Å². The lowest BCUT2D eigenvalue weighted by molar-refractivity contribution is 0.0256. The van der Waals surface area contributed by atoms with Crippen molar-refractivity contribution in [1.29, 1.82) is 0 Å². The Kier molecular flexibility index (Phi) is 5.11. The first kappa shape index (κ1) is 16.8. The summed E-state index contributed by atoms with van der Waals surface area (Å²) in [5, 5.41) is 3.83. The van der Waals surface area contributed by atoms with Crippen molar-refractivity contribution in [2.45, 2.75) is 58.7 Å². The Hall–Kier alpha value is -1.56. The van der Waals surface area contributed by atoms with Crippen molar-refractivity contribution in [3.63, 3.8) is 0 Å². The van der Waals surface area contributed by atoms with Gasteiger partial charge in [0.25, 0.3) is 0 Å². The number of likely N-dealkylation sites (tertiary alicyclic amines) is 1. The SMILES string of the molecule is Cc1oncc1CN1CCC[C@@H]1CN(C)C(=O)OC(C)(C)C. The van der Waals surface area contributed by atoms with Crippen LogP contribution in [0.1, 0.15) is 44.9 Å². The van der Waals surface area contributed by atoms with Gasteiger partial charge in [-0.05, 0) is 47.1 Å². The Labute approximate surface area is 132 Å². The first-order chi connectivity index (χ1) is 10.3. The van der Waals surface area contributed by atoms with Gasteiger partial charge in [-0.15, -0.1) is 0 Å². The van der Waals surface area contributed by atoms with E-state index in [0.29, 0.717) is 12.6 Å². The first-order valence-electron chi connectivity index (χ1n) is 7.84. The minimum absolute atomic E-state index is 0.263. The predicted octanol–water partition coefficient (Wildman–Crippen LogP) is 2.81. The quantitative estimate of drug-likeness (QED) is 0.856. The van der Waals surface area contributed by atoms with Crippen molar-refractivity contribution >= 4 is 6.09 Å². The van der Waals surface area contributed by atoms with E-state index in [2.05, 4.69) is 10.1 Å². The third kappa shape index (κ3) is 4.47. The van der Waals surface area contributed by atoms with Crippen molar-refractivity contribution in [2.75, 3.05) is 20.1 Å². The van der Waals surface area contributed by atoms with E-state index in [1.54, 1.807) is 18.1 Å². The Morgan fingerprint density at radius 2 is 2.27 bits per heavy atom. The summed E-state index contributed by atoms with van der Waals surface area (Å²) in [5.74, 6) is 0.867. The molecule has 0 radical (unpaired) electrons. The van der Waals surface area contributed by atoms with Crippen molar-refractivity contribution < 1.29 is 14.1 Å². The van der Waals surface area contributed by atoms with Gasteiger partial charge in [0.2, 0.25) is 0 Å². The van der Waals surface area contributed by atoms with E-state index in [4.69, 9.17) is 9.26 Å². The van der Waals surface area contributed by atoms with Crippen molar-refractivity contribution in [2.24, 2.45) is 0 Å². The summed E-state index contributed by atoms with van der Waals surface area (Å²) in [7, 11) is 1.80. The minimum Gasteiger partial charge on any atom is -0.444 e. The second-order valence-electron chi connectivity index (χ2n) is 7.03. The van der Waals surface area contributed by atoms with Crippen LogP contribution in [0.4, 0.5) is 4.79 Å². The molecule has 1 saturated heterocycles. The zero-order chi connectivity index (χ0) is 16.3. The molecule has 1 aliphatic heterocycles. The summed E-state index contributed by atoms with van der Waals surface area (Å²) < 4.78 is 10.5. The normalized spacial score (nSPS) is 19.4. The number of hydrogen-bond acceptors (Lipinski definition) is 5. The summed E-state index contributed by atoms with van der Waals surface area (Å²) in [6.45, 7) is 10.1. The molecule has 6 nitrogen and oxygen atoms in total. The predicted molar refractivity (Wildman–Crippen MR) is 83.5 cm³/mol. The van der Waals surface area contributed by atoms with Gasteiger partial charge in [-0.1, -0.05) is 5.16 Å². The van der Waals surface area contributed by atoms with Crippen LogP contribution >= 0.6 is 0 Å². The van der Waals surface area contributed by atoms with E-state index in [9.17, 15) is 4.79 Å². The molecule has 0 unspecified atom stereocenters. The maximum absolute atomic E-state index is 12.1. The monoisotopic (exact) mass is 309 g/mol. The highest BCUT2D eigenvalue weighted by Crippen LogP contribution is 2.22. The van der Waals surface area contributed by atoms with E-state index in [-0.39, 0.29) is 6.09 Å². The van der Waals surface area contributed by atoms with Gasteiger partial charge < -0.3 is 14.2 Å². The zero-order valence-electron chi connectivity index (χ0n) is 14.3. The van der Waals surface area contributed by atoms with Crippen LogP contribution in [-0.4, -0.2) is 52.8 Å². The Morgan fingerprint density at radius 1 is 1.55 bits per heavy atom. The van der Waals surface area contributed by atoms with Crippen LogP contribution in [0.5, 0.6) is 0 Å². The van der Waals surface area contributed by atoms with Gasteiger partial charge in [0.05, 0.1) is 6.20 Å². The third-order valence-electron chi connectivity index (χ3n) is 3.91. The van der Waals surface area contributed by atoms with Crippen molar-refractivity contribution in [3.05, 3.63) is 17.5 Å². The van der Waals surface area contributed by atoms with Crippen molar-refractivity contribution in [1.82, 2.24) is 15.0 Å². The summed E-state index contributed by atoms with van der Waals surface area (Å²) in [6, 6.07) is 0.354. The van der Waals surface area contributed by atoms with Gasteiger partial charge >= 0.3 is 6.09 Å². The molecule has 0 aromatic carbocycles. The molecule has 124 valence electrons. The standard InChI is InChI=1S/C16H27N3O3/c1-12-13(9-17-22-12)10-19-8-6-7-14(19)11-18(5)15(20)21-16(2,3)4/h9,14H,6-8,10-11H2,1-5H3/t14-/m1/s1. The largest absolute Gasteiger partial charge is 0.444 e. The van der Waals surface area contributed by atoms with Gasteiger partial charge in [0, 0.05) is 31.7 Å². The molecule has 22 heavy (non-hydrogen) atoms. The lowest BCUT2D eigenvalue weighted by Crippen LogP contribution is -2.42. The minimum atomic E-state index is -0.458. The van der Waals surface area contributed by atoms with Gasteiger partial charge in [-0.3, -0.25) is 4.90 Å². The number of carbonyl (C=O) groups is 1. The molecule has 1 aromatic rings. The molecule has 1 fully saturated rings. The number of carbonyl (C=O) groups excluding carboxylic acids is 1. The molecule has 0 saturated carbocycles. The van der Waals surface area contributed by atoms with Crippen molar-refractivity contribution in [3.8, 4) is 0 Å². The molecule has 1 atom stereocenters. The molecule has 1 aromatic heterocycles. The molecular formula is C16H27N3O3. The van der Waals surface area contributed by atoms with Crippen LogP contribution in [0.3, 0.4) is 0 Å². The highest BCUT2D eigenvalue weighted by Gasteiger charge is 2.29. The number of amides is 1. The maximum Gasteiger partial charge on any atom is 0.410 e. The highest BCUT2D eigenvalue weighted by molar-refractivity contribution is 5.67. The second kappa shape index (κ2) is 6.69. The topological polar surface area (TPSA) is 58.8 Å². The second-order valence-corrected chi connectivity index (χ2v) is 7.03. The van der Waals surface area contributed by atoms with Gasteiger partial charge in [0.15, 0.2) is 0 Å². The average Bonchev–Trinajstić information content (AvgIpc) is 2.99. The summed E-state index contributed by atoms with van der Waals surface area (Å²) >= 11 is 0. The highest BCUT2D eigenvalue weighted by atomic mass is 16.6. The summed E-state index contributed by atoms with van der Waals surface area (Å²) in [4.78, 5) is 16.1.